The zero-order valence-corrected chi connectivity index (χ0v) is 12.7. The Morgan fingerprint density at radius 1 is 1.57 bits per heavy atom. The summed E-state index contributed by atoms with van der Waals surface area (Å²) in [5.74, 6) is 0.148. The van der Waals surface area contributed by atoms with Gasteiger partial charge >= 0.3 is 0 Å². The predicted octanol–water partition coefficient (Wildman–Crippen LogP) is 1.40. The fraction of sp³-hybridized carbons (Fsp3) is 0.286. The first-order valence-electron chi connectivity index (χ1n) is 6.78. The molecule has 0 fully saturated rings. The largest absolute Gasteiger partial charge is 0.468 e. The molecule has 122 valence electrons. The number of primary amides is 1. The van der Waals surface area contributed by atoms with E-state index < -0.39 is 10.8 Å². The molecule has 2 rings (SSSR count). The molecular weight excluding hydrogens is 302 g/mol. The van der Waals surface area contributed by atoms with Gasteiger partial charge in [0.25, 0.3) is 11.6 Å². The van der Waals surface area contributed by atoms with Gasteiger partial charge in [0.2, 0.25) is 0 Å². The highest BCUT2D eigenvalue weighted by atomic mass is 16.6. The van der Waals surface area contributed by atoms with Crippen molar-refractivity contribution >= 4 is 17.4 Å². The molecule has 0 saturated heterocycles. The standard InChI is InChI=1S/C14H17N5O4/c1-18(2)11(12-4-3-5-23-12)8-17-14-10(13(15)20)6-9(7-16-14)19(21)22/h3-7,11H,8H2,1-2H3,(H2,15,20)(H,16,17). The van der Waals surface area contributed by atoms with Gasteiger partial charge in [-0.2, -0.15) is 0 Å². The number of furan rings is 1. The molecule has 0 saturated carbocycles. The second-order valence-corrected chi connectivity index (χ2v) is 5.09. The van der Waals surface area contributed by atoms with Crippen LogP contribution in [0, 0.1) is 10.1 Å². The summed E-state index contributed by atoms with van der Waals surface area (Å²) < 4.78 is 5.39. The van der Waals surface area contributed by atoms with E-state index in [-0.39, 0.29) is 23.1 Å². The van der Waals surface area contributed by atoms with Crippen LogP contribution in [0.15, 0.2) is 35.1 Å². The van der Waals surface area contributed by atoms with Crippen molar-refractivity contribution in [1.29, 1.82) is 0 Å². The number of hydrogen-bond donors (Lipinski definition) is 2. The molecule has 1 unspecified atom stereocenters. The fourth-order valence-electron chi connectivity index (χ4n) is 2.09. The van der Waals surface area contributed by atoms with Crippen LogP contribution in [0.25, 0.3) is 0 Å². The molecule has 9 nitrogen and oxygen atoms in total. The van der Waals surface area contributed by atoms with Crippen LogP contribution in [0.1, 0.15) is 22.2 Å². The van der Waals surface area contributed by atoms with Crippen LogP contribution in [0.3, 0.4) is 0 Å². The first-order chi connectivity index (χ1) is 10.9. The highest BCUT2D eigenvalue weighted by Gasteiger charge is 2.20. The van der Waals surface area contributed by atoms with Crippen molar-refractivity contribution < 1.29 is 14.1 Å². The minimum Gasteiger partial charge on any atom is -0.468 e. The van der Waals surface area contributed by atoms with Crippen molar-refractivity contribution in [3.63, 3.8) is 0 Å². The summed E-state index contributed by atoms with van der Waals surface area (Å²) in [5, 5.41) is 13.8. The summed E-state index contributed by atoms with van der Waals surface area (Å²) in [7, 11) is 3.76. The average molecular weight is 319 g/mol. The Morgan fingerprint density at radius 3 is 2.83 bits per heavy atom. The normalized spacial score (nSPS) is 12.1. The summed E-state index contributed by atoms with van der Waals surface area (Å²) in [6.45, 7) is 0.381. The van der Waals surface area contributed by atoms with Crippen molar-refractivity contribution in [2.45, 2.75) is 6.04 Å². The molecule has 1 atom stereocenters. The van der Waals surface area contributed by atoms with Crippen molar-refractivity contribution in [2.24, 2.45) is 5.73 Å². The van der Waals surface area contributed by atoms with Crippen molar-refractivity contribution in [3.8, 4) is 0 Å². The lowest BCUT2D eigenvalue weighted by Crippen LogP contribution is -2.27. The number of aromatic nitrogens is 1. The number of hydrogen-bond acceptors (Lipinski definition) is 7. The van der Waals surface area contributed by atoms with Gasteiger partial charge in [0.1, 0.15) is 17.8 Å². The number of carbonyl (C=O) groups is 1. The number of nitro groups is 1. The zero-order chi connectivity index (χ0) is 17.0. The van der Waals surface area contributed by atoms with E-state index in [4.69, 9.17) is 10.2 Å². The third-order valence-electron chi connectivity index (χ3n) is 3.31. The number of likely N-dealkylation sites (N-methyl/N-ethyl adjacent to an activating group) is 1. The molecule has 1 amide bonds. The Bertz CT molecular complexity index is 699. The van der Waals surface area contributed by atoms with E-state index >= 15 is 0 Å². The summed E-state index contributed by atoms with van der Waals surface area (Å²) in [6, 6.07) is 4.62. The Labute approximate surface area is 132 Å². The van der Waals surface area contributed by atoms with E-state index in [1.807, 2.05) is 25.1 Å². The number of pyridine rings is 1. The van der Waals surface area contributed by atoms with Crippen molar-refractivity contribution in [3.05, 3.63) is 52.1 Å². The second kappa shape index (κ2) is 6.88. The zero-order valence-electron chi connectivity index (χ0n) is 12.7. The molecule has 2 heterocycles. The summed E-state index contributed by atoms with van der Waals surface area (Å²) in [5.41, 5.74) is 4.95. The van der Waals surface area contributed by atoms with E-state index in [0.29, 0.717) is 6.54 Å². The van der Waals surface area contributed by atoms with Gasteiger partial charge in [0.15, 0.2) is 0 Å². The van der Waals surface area contributed by atoms with Gasteiger partial charge in [-0.15, -0.1) is 0 Å². The average Bonchev–Trinajstić information content (AvgIpc) is 3.00. The number of amides is 1. The molecule has 0 aromatic carbocycles. The Hall–Kier alpha value is -2.94. The second-order valence-electron chi connectivity index (χ2n) is 5.09. The molecule has 0 radical (unpaired) electrons. The SMILES string of the molecule is CN(C)C(CNc1ncc([N+](=O)[O-])cc1C(N)=O)c1ccco1. The number of rotatable bonds is 7. The molecule has 2 aromatic heterocycles. The minimum atomic E-state index is -0.789. The first kappa shape index (κ1) is 16.4. The maximum absolute atomic E-state index is 11.5. The lowest BCUT2D eigenvalue weighted by molar-refractivity contribution is -0.385. The Morgan fingerprint density at radius 2 is 2.30 bits per heavy atom. The molecule has 0 bridgehead atoms. The molecule has 9 heteroatoms. The number of carbonyl (C=O) groups excluding carboxylic acids is 1. The molecular formula is C14H17N5O4. The lowest BCUT2D eigenvalue weighted by Gasteiger charge is -2.23. The van der Waals surface area contributed by atoms with Crippen LogP contribution in [-0.2, 0) is 0 Å². The van der Waals surface area contributed by atoms with Gasteiger partial charge < -0.3 is 15.5 Å². The molecule has 3 N–H and O–H groups in total. The van der Waals surface area contributed by atoms with Crippen LogP contribution in [-0.4, -0.2) is 41.4 Å². The molecule has 2 aromatic rings. The fourth-order valence-corrected chi connectivity index (χ4v) is 2.09. The van der Waals surface area contributed by atoms with Gasteiger partial charge in [-0.1, -0.05) is 0 Å². The maximum atomic E-state index is 11.5. The maximum Gasteiger partial charge on any atom is 0.288 e. The van der Waals surface area contributed by atoms with Gasteiger partial charge in [-0.3, -0.25) is 19.8 Å². The predicted molar refractivity (Wildman–Crippen MR) is 83.0 cm³/mol. The first-order valence-corrected chi connectivity index (χ1v) is 6.78. The molecule has 0 spiro atoms. The molecule has 0 aliphatic carbocycles. The molecule has 23 heavy (non-hydrogen) atoms. The van der Waals surface area contributed by atoms with E-state index in [9.17, 15) is 14.9 Å². The van der Waals surface area contributed by atoms with Crippen molar-refractivity contribution in [2.75, 3.05) is 26.0 Å². The summed E-state index contributed by atoms with van der Waals surface area (Å²) in [6.07, 6.45) is 2.65. The molecule has 0 aliphatic rings. The van der Waals surface area contributed by atoms with Gasteiger partial charge in [0, 0.05) is 12.6 Å². The Balaban J connectivity index is 2.22. The van der Waals surface area contributed by atoms with Gasteiger partial charge in [-0.05, 0) is 26.2 Å². The van der Waals surface area contributed by atoms with Crippen LogP contribution in [0.4, 0.5) is 11.5 Å². The Kier molecular flexibility index (Phi) is 4.91. The van der Waals surface area contributed by atoms with Crippen molar-refractivity contribution in [1.82, 2.24) is 9.88 Å². The van der Waals surface area contributed by atoms with Crippen LogP contribution in [0.2, 0.25) is 0 Å². The van der Waals surface area contributed by atoms with E-state index in [2.05, 4.69) is 10.3 Å². The van der Waals surface area contributed by atoms with Gasteiger partial charge in [-0.25, -0.2) is 4.98 Å². The number of nitrogens with one attached hydrogen (secondary N) is 1. The lowest BCUT2D eigenvalue weighted by atomic mass is 10.2. The van der Waals surface area contributed by atoms with Crippen LogP contribution < -0.4 is 11.1 Å². The smallest absolute Gasteiger partial charge is 0.288 e. The van der Waals surface area contributed by atoms with Gasteiger partial charge in [0.05, 0.1) is 22.8 Å². The third kappa shape index (κ3) is 3.83. The van der Waals surface area contributed by atoms with Crippen LogP contribution >= 0.6 is 0 Å². The number of nitrogens with two attached hydrogens (primary N) is 1. The number of nitrogens with zero attached hydrogens (tertiary/aromatic N) is 3. The van der Waals surface area contributed by atoms with Crippen LogP contribution in [0.5, 0.6) is 0 Å². The third-order valence-corrected chi connectivity index (χ3v) is 3.31. The number of anilines is 1. The summed E-state index contributed by atoms with van der Waals surface area (Å²) >= 11 is 0. The monoisotopic (exact) mass is 319 g/mol. The summed E-state index contributed by atoms with van der Waals surface area (Å²) in [4.78, 5) is 27.5. The highest BCUT2D eigenvalue weighted by molar-refractivity contribution is 5.98. The topological polar surface area (TPSA) is 128 Å². The minimum absolute atomic E-state index is 0.0313. The van der Waals surface area contributed by atoms with E-state index in [1.54, 1.807) is 12.3 Å². The highest BCUT2D eigenvalue weighted by Crippen LogP contribution is 2.22. The molecule has 0 aliphatic heterocycles. The van der Waals surface area contributed by atoms with E-state index in [0.717, 1.165) is 18.0 Å². The quantitative estimate of drug-likeness (QED) is 0.583. The van der Waals surface area contributed by atoms with E-state index in [1.165, 1.54) is 0 Å².